The highest BCUT2D eigenvalue weighted by molar-refractivity contribution is 5.86. The van der Waals surface area contributed by atoms with Crippen LogP contribution >= 0.6 is 0 Å². The Bertz CT molecular complexity index is 788. The summed E-state index contributed by atoms with van der Waals surface area (Å²) in [6, 6.07) is 11.6. The van der Waals surface area contributed by atoms with Crippen LogP contribution in [0.5, 0.6) is 5.75 Å². The minimum absolute atomic E-state index is 0.564. The third kappa shape index (κ3) is 2.40. The lowest BCUT2D eigenvalue weighted by Gasteiger charge is -2.03. The molecule has 0 N–H and O–H groups in total. The molecule has 2 aromatic heterocycles. The Balaban J connectivity index is 2.12. The van der Waals surface area contributed by atoms with Gasteiger partial charge in [-0.2, -0.15) is 0 Å². The number of pyridine rings is 1. The van der Waals surface area contributed by atoms with Gasteiger partial charge >= 0.3 is 0 Å². The number of hydrogen-bond donors (Lipinski definition) is 0. The molecule has 21 heavy (non-hydrogen) atoms. The molecule has 3 aromatic rings. The van der Waals surface area contributed by atoms with E-state index in [2.05, 4.69) is 4.98 Å². The van der Waals surface area contributed by atoms with Gasteiger partial charge in [-0.05, 0) is 55.8 Å². The highest BCUT2D eigenvalue weighted by Gasteiger charge is 2.13. The van der Waals surface area contributed by atoms with Gasteiger partial charge in [0.15, 0.2) is 6.29 Å². The molecule has 2 heterocycles. The van der Waals surface area contributed by atoms with Crippen LogP contribution in [0.25, 0.3) is 16.9 Å². The number of hydrogen-bond acceptors (Lipinski definition) is 3. The molecule has 0 amide bonds. The zero-order valence-corrected chi connectivity index (χ0v) is 12.0. The van der Waals surface area contributed by atoms with Crippen molar-refractivity contribution in [3.63, 3.8) is 0 Å². The zero-order valence-electron chi connectivity index (χ0n) is 12.0. The molecule has 0 bridgehead atoms. The largest absolute Gasteiger partial charge is 0.494 e. The number of benzene rings is 1. The fourth-order valence-corrected chi connectivity index (χ4v) is 2.37. The van der Waals surface area contributed by atoms with Crippen LogP contribution in [-0.4, -0.2) is 22.3 Å². The van der Waals surface area contributed by atoms with Gasteiger partial charge in [0.05, 0.1) is 6.61 Å². The van der Waals surface area contributed by atoms with Crippen LogP contribution in [0, 0.1) is 6.92 Å². The minimum Gasteiger partial charge on any atom is -0.494 e. The lowest BCUT2D eigenvalue weighted by molar-refractivity contribution is 0.111. The van der Waals surface area contributed by atoms with Gasteiger partial charge in [0.25, 0.3) is 0 Å². The van der Waals surface area contributed by atoms with Crippen molar-refractivity contribution in [2.45, 2.75) is 13.8 Å². The summed E-state index contributed by atoms with van der Waals surface area (Å²) in [6.07, 6.45) is 2.72. The monoisotopic (exact) mass is 280 g/mol. The number of carbonyl (C=O) groups excluding carboxylic acids is 1. The Morgan fingerprint density at radius 2 is 2.00 bits per heavy atom. The van der Waals surface area contributed by atoms with Crippen LogP contribution in [0.4, 0.5) is 0 Å². The lowest BCUT2D eigenvalue weighted by atomic mass is 10.1. The average Bonchev–Trinajstić information content (AvgIpc) is 2.85. The summed E-state index contributed by atoms with van der Waals surface area (Å²) in [7, 11) is 0. The van der Waals surface area contributed by atoms with Gasteiger partial charge in [-0.3, -0.25) is 9.20 Å². The molecule has 3 rings (SSSR count). The maximum atomic E-state index is 11.4. The maximum absolute atomic E-state index is 11.4. The number of aromatic nitrogens is 2. The van der Waals surface area contributed by atoms with Crippen LogP contribution < -0.4 is 4.74 Å². The van der Waals surface area contributed by atoms with Crippen LogP contribution in [0.2, 0.25) is 0 Å². The molecule has 4 heteroatoms. The molecule has 0 aliphatic heterocycles. The first-order valence-corrected chi connectivity index (χ1v) is 6.90. The molecule has 0 spiro atoms. The first-order valence-electron chi connectivity index (χ1n) is 6.90. The first-order chi connectivity index (χ1) is 10.2. The Hall–Kier alpha value is -2.62. The van der Waals surface area contributed by atoms with Gasteiger partial charge in [0, 0.05) is 11.8 Å². The van der Waals surface area contributed by atoms with E-state index in [1.165, 1.54) is 0 Å². The Morgan fingerprint density at radius 3 is 2.67 bits per heavy atom. The molecule has 106 valence electrons. The number of aryl methyl sites for hydroxylation is 1. The van der Waals surface area contributed by atoms with E-state index in [4.69, 9.17) is 4.74 Å². The quantitative estimate of drug-likeness (QED) is 0.687. The van der Waals surface area contributed by atoms with E-state index in [1.54, 1.807) is 0 Å². The highest BCUT2D eigenvalue weighted by Crippen LogP contribution is 2.25. The van der Waals surface area contributed by atoms with Crippen molar-refractivity contribution in [1.82, 2.24) is 9.38 Å². The van der Waals surface area contributed by atoms with Crippen molar-refractivity contribution in [2.75, 3.05) is 6.61 Å². The van der Waals surface area contributed by atoms with E-state index < -0.39 is 0 Å². The van der Waals surface area contributed by atoms with Gasteiger partial charge in [-0.1, -0.05) is 0 Å². The summed E-state index contributed by atoms with van der Waals surface area (Å²) in [5.74, 6) is 0.813. The summed E-state index contributed by atoms with van der Waals surface area (Å²) in [6.45, 7) is 4.58. The van der Waals surface area contributed by atoms with Gasteiger partial charge in [0.1, 0.15) is 22.8 Å². The van der Waals surface area contributed by atoms with E-state index in [0.717, 1.165) is 28.8 Å². The molecule has 0 atom stereocenters. The second-order valence-corrected chi connectivity index (χ2v) is 4.85. The summed E-state index contributed by atoms with van der Waals surface area (Å²) < 4.78 is 7.24. The summed E-state index contributed by atoms with van der Waals surface area (Å²) >= 11 is 0. The molecule has 0 fully saturated rings. The third-order valence-electron chi connectivity index (χ3n) is 3.37. The Kier molecular flexibility index (Phi) is 3.44. The fraction of sp³-hybridized carbons (Fsp3) is 0.176. The fourth-order valence-electron chi connectivity index (χ4n) is 2.37. The predicted molar refractivity (Wildman–Crippen MR) is 81.9 cm³/mol. The maximum Gasteiger partial charge on any atom is 0.169 e. The highest BCUT2D eigenvalue weighted by atomic mass is 16.5. The Labute approximate surface area is 123 Å². The topological polar surface area (TPSA) is 43.6 Å². The third-order valence-corrected chi connectivity index (χ3v) is 3.37. The van der Waals surface area contributed by atoms with Gasteiger partial charge < -0.3 is 4.74 Å². The number of rotatable bonds is 4. The normalized spacial score (nSPS) is 10.8. The number of nitrogens with zero attached hydrogens (tertiary/aromatic N) is 2. The number of carbonyl (C=O) groups is 1. The van der Waals surface area contributed by atoms with Crippen LogP contribution in [0.3, 0.4) is 0 Å². The number of ether oxygens (including phenoxy) is 1. The van der Waals surface area contributed by atoms with E-state index in [-0.39, 0.29) is 0 Å². The summed E-state index contributed by atoms with van der Waals surface area (Å²) in [5.41, 5.74) is 4.05. The lowest BCUT2D eigenvalue weighted by Crippen LogP contribution is -1.93. The van der Waals surface area contributed by atoms with Crippen LogP contribution in [-0.2, 0) is 0 Å². The van der Waals surface area contributed by atoms with E-state index in [1.807, 2.05) is 60.8 Å². The molecular weight excluding hydrogens is 264 g/mol. The van der Waals surface area contributed by atoms with Crippen molar-refractivity contribution >= 4 is 11.9 Å². The average molecular weight is 280 g/mol. The number of fused-ring (bicyclic) bond motifs is 1. The minimum atomic E-state index is 0.564. The SMILES string of the molecule is CCOc1ccc(-c2nc3cc(C)ccn3c2C=O)cc1. The van der Waals surface area contributed by atoms with Crippen molar-refractivity contribution in [2.24, 2.45) is 0 Å². The van der Waals surface area contributed by atoms with E-state index in [0.29, 0.717) is 18.0 Å². The molecule has 0 saturated carbocycles. The summed E-state index contributed by atoms with van der Waals surface area (Å²) in [5, 5.41) is 0. The van der Waals surface area contributed by atoms with Crippen molar-refractivity contribution in [3.05, 3.63) is 53.9 Å². The smallest absolute Gasteiger partial charge is 0.169 e. The van der Waals surface area contributed by atoms with Crippen molar-refractivity contribution in [3.8, 4) is 17.0 Å². The van der Waals surface area contributed by atoms with Gasteiger partial charge in [0.2, 0.25) is 0 Å². The molecule has 0 aliphatic rings. The molecular formula is C17H16N2O2. The molecule has 0 saturated heterocycles. The number of aldehydes is 1. The standard InChI is InChI=1S/C17H16N2O2/c1-3-21-14-6-4-13(5-7-14)17-15(11-20)19-9-8-12(2)10-16(19)18-17/h4-11H,3H2,1-2H3. The van der Waals surface area contributed by atoms with E-state index >= 15 is 0 Å². The first kappa shape index (κ1) is 13.4. The molecule has 0 radical (unpaired) electrons. The predicted octanol–water partition coefficient (Wildman–Crippen LogP) is 3.52. The second-order valence-electron chi connectivity index (χ2n) is 4.85. The summed E-state index contributed by atoms with van der Waals surface area (Å²) in [4.78, 5) is 16.0. The van der Waals surface area contributed by atoms with Gasteiger partial charge in [-0.25, -0.2) is 4.98 Å². The van der Waals surface area contributed by atoms with E-state index in [9.17, 15) is 4.79 Å². The second kappa shape index (κ2) is 5.40. The molecule has 4 nitrogen and oxygen atoms in total. The van der Waals surface area contributed by atoms with Crippen LogP contribution in [0.15, 0.2) is 42.6 Å². The van der Waals surface area contributed by atoms with Gasteiger partial charge in [-0.15, -0.1) is 0 Å². The molecule has 0 aliphatic carbocycles. The zero-order chi connectivity index (χ0) is 14.8. The van der Waals surface area contributed by atoms with Crippen molar-refractivity contribution < 1.29 is 9.53 Å². The van der Waals surface area contributed by atoms with Crippen LogP contribution in [0.1, 0.15) is 23.0 Å². The Morgan fingerprint density at radius 1 is 1.24 bits per heavy atom. The number of imidazole rings is 1. The molecule has 0 unspecified atom stereocenters. The molecule has 1 aromatic carbocycles. The van der Waals surface area contributed by atoms with Crippen molar-refractivity contribution in [1.29, 1.82) is 0 Å².